The van der Waals surface area contributed by atoms with Gasteiger partial charge in [-0.05, 0) is 55.3 Å². The van der Waals surface area contributed by atoms with Gasteiger partial charge in [-0.3, -0.25) is 9.78 Å². The van der Waals surface area contributed by atoms with E-state index in [2.05, 4.69) is 32.7 Å². The fourth-order valence-electron chi connectivity index (χ4n) is 4.17. The molecule has 9 nitrogen and oxygen atoms in total. The fourth-order valence-corrected chi connectivity index (χ4v) is 4.17. The maximum absolute atomic E-state index is 13.0. The molecule has 164 valence electrons. The van der Waals surface area contributed by atoms with Gasteiger partial charge in [0.25, 0.3) is 5.56 Å². The Labute approximate surface area is 184 Å². The van der Waals surface area contributed by atoms with Gasteiger partial charge in [0.05, 0.1) is 5.69 Å². The molecule has 1 aliphatic rings. The number of aromatic nitrogens is 5. The Kier molecular flexibility index (Phi) is 5.42. The van der Waals surface area contributed by atoms with Crippen molar-refractivity contribution < 1.29 is 5.11 Å². The lowest BCUT2D eigenvalue weighted by atomic mass is 10.0. The Balaban J connectivity index is 1.58. The molecule has 5 rings (SSSR count). The average molecular weight is 432 g/mol. The normalized spacial score (nSPS) is 13.3. The third kappa shape index (κ3) is 3.65. The van der Waals surface area contributed by atoms with E-state index in [9.17, 15) is 9.90 Å². The van der Waals surface area contributed by atoms with Crippen LogP contribution in [-0.2, 0) is 25.9 Å². The van der Waals surface area contributed by atoms with E-state index < -0.39 is 0 Å². The van der Waals surface area contributed by atoms with Crippen molar-refractivity contribution in [2.24, 2.45) is 0 Å². The second-order valence-electron chi connectivity index (χ2n) is 7.78. The van der Waals surface area contributed by atoms with Crippen LogP contribution in [0.25, 0.3) is 16.7 Å². The number of hydrogen-bond donors (Lipinski definition) is 3. The number of nitrogens with one attached hydrogen (secondary N) is 2. The summed E-state index contributed by atoms with van der Waals surface area (Å²) in [6.45, 7) is 4.26. The van der Waals surface area contributed by atoms with Crippen LogP contribution >= 0.6 is 0 Å². The fraction of sp³-hybridized carbons (Fsp3) is 0.304. The highest BCUT2D eigenvalue weighted by molar-refractivity contribution is 5.77. The molecule has 4 heterocycles. The molecule has 3 aromatic heterocycles. The molecule has 0 atom stereocenters. The van der Waals surface area contributed by atoms with Gasteiger partial charge >= 0.3 is 0 Å². The molecule has 1 aromatic carbocycles. The number of fused-ring (bicyclic) bond motifs is 2. The van der Waals surface area contributed by atoms with Crippen LogP contribution in [0.4, 0.5) is 11.6 Å². The first-order chi connectivity index (χ1) is 15.7. The number of aliphatic hydroxyl groups is 1. The van der Waals surface area contributed by atoms with E-state index in [-0.39, 0.29) is 12.2 Å². The maximum Gasteiger partial charge on any atom is 0.278 e. The lowest BCUT2D eigenvalue weighted by Crippen LogP contribution is -2.23. The van der Waals surface area contributed by atoms with Crippen molar-refractivity contribution in [1.82, 2.24) is 29.6 Å². The summed E-state index contributed by atoms with van der Waals surface area (Å²) in [4.78, 5) is 26.4. The Morgan fingerprint density at radius 2 is 2.09 bits per heavy atom. The molecule has 0 aliphatic carbocycles. The minimum Gasteiger partial charge on any atom is -0.396 e. The van der Waals surface area contributed by atoms with E-state index in [1.54, 1.807) is 21.8 Å². The largest absolute Gasteiger partial charge is 0.396 e. The molecular weight excluding hydrogens is 406 g/mol. The topological polar surface area (TPSA) is 110 Å². The van der Waals surface area contributed by atoms with E-state index in [0.29, 0.717) is 29.9 Å². The molecule has 0 radical (unpaired) electrons. The third-order valence-electron chi connectivity index (χ3n) is 5.74. The van der Waals surface area contributed by atoms with Crippen LogP contribution in [0.15, 0.2) is 47.5 Å². The highest BCUT2D eigenvalue weighted by Gasteiger charge is 2.17. The maximum atomic E-state index is 13.0. The van der Waals surface area contributed by atoms with Crippen LogP contribution in [0.2, 0.25) is 0 Å². The highest BCUT2D eigenvalue weighted by Crippen LogP contribution is 2.22. The molecule has 4 aromatic rings. The molecular formula is C23H25N7O2. The van der Waals surface area contributed by atoms with Crippen LogP contribution in [-0.4, -0.2) is 42.6 Å². The Bertz CT molecular complexity index is 1340. The predicted octanol–water partition coefficient (Wildman–Crippen LogP) is 1.92. The van der Waals surface area contributed by atoms with Gasteiger partial charge in [-0.25, -0.2) is 14.3 Å². The first-order valence-electron chi connectivity index (χ1n) is 10.8. The van der Waals surface area contributed by atoms with Gasteiger partial charge in [-0.1, -0.05) is 6.07 Å². The third-order valence-corrected chi connectivity index (χ3v) is 5.74. The number of anilines is 2. The molecule has 0 unspecified atom stereocenters. The van der Waals surface area contributed by atoms with Crippen molar-refractivity contribution in [2.45, 2.75) is 32.9 Å². The molecule has 0 fully saturated rings. The summed E-state index contributed by atoms with van der Waals surface area (Å²) < 4.78 is 3.43. The molecule has 9 heteroatoms. The van der Waals surface area contributed by atoms with E-state index >= 15 is 0 Å². The van der Waals surface area contributed by atoms with Gasteiger partial charge in [0.1, 0.15) is 5.39 Å². The molecule has 32 heavy (non-hydrogen) atoms. The van der Waals surface area contributed by atoms with E-state index in [4.69, 9.17) is 4.98 Å². The number of nitrogens with zero attached hydrogens (tertiary/aromatic N) is 5. The lowest BCUT2D eigenvalue weighted by molar-refractivity contribution is 0.298. The van der Waals surface area contributed by atoms with Crippen LogP contribution in [0.5, 0.6) is 0 Å². The zero-order valence-electron chi connectivity index (χ0n) is 17.9. The summed E-state index contributed by atoms with van der Waals surface area (Å²) in [6.07, 6.45) is 4.72. The first-order valence-corrected chi connectivity index (χ1v) is 10.8. The van der Waals surface area contributed by atoms with Crippen molar-refractivity contribution >= 4 is 22.7 Å². The van der Waals surface area contributed by atoms with Gasteiger partial charge in [-0.15, -0.1) is 0 Å². The molecule has 0 saturated heterocycles. The van der Waals surface area contributed by atoms with Crippen LogP contribution < -0.4 is 16.2 Å². The van der Waals surface area contributed by atoms with E-state index in [1.165, 1.54) is 11.1 Å². The summed E-state index contributed by atoms with van der Waals surface area (Å²) >= 11 is 0. The van der Waals surface area contributed by atoms with Gasteiger partial charge in [0.15, 0.2) is 5.65 Å². The Hall–Kier alpha value is -3.56. The predicted molar refractivity (Wildman–Crippen MR) is 123 cm³/mol. The monoisotopic (exact) mass is 431 g/mol. The van der Waals surface area contributed by atoms with Crippen molar-refractivity contribution in [3.63, 3.8) is 0 Å². The Morgan fingerprint density at radius 3 is 2.94 bits per heavy atom. The number of pyridine rings is 1. The summed E-state index contributed by atoms with van der Waals surface area (Å²) in [5.74, 6) is 0.424. The zero-order chi connectivity index (χ0) is 22.1. The van der Waals surface area contributed by atoms with Crippen molar-refractivity contribution in [1.29, 1.82) is 0 Å². The number of benzene rings is 1. The standard InChI is InChI=1S/C23H25N7O2/c1-2-29-22(32)20-14-26-23(27-18-4-3-15-5-8-24-13-16(15)11-18)28-21(20)30(29)19-6-9-25-17(12-19)7-10-31/h3-4,6,9,11-12,14,24,31H,2,5,7-8,10,13H2,1H3,(H,26,27,28). The van der Waals surface area contributed by atoms with Crippen LogP contribution in [0.1, 0.15) is 23.7 Å². The molecule has 3 N–H and O–H groups in total. The van der Waals surface area contributed by atoms with Crippen molar-refractivity contribution in [3.8, 4) is 5.69 Å². The van der Waals surface area contributed by atoms with Crippen LogP contribution in [0.3, 0.4) is 0 Å². The minimum absolute atomic E-state index is 0.00992. The van der Waals surface area contributed by atoms with Crippen LogP contribution in [0, 0.1) is 0 Å². The number of aliphatic hydroxyl groups excluding tert-OH is 1. The number of rotatable bonds is 6. The van der Waals surface area contributed by atoms with Gasteiger partial charge in [0, 0.05) is 49.9 Å². The van der Waals surface area contributed by atoms with Crippen molar-refractivity contribution in [2.75, 3.05) is 18.5 Å². The summed E-state index contributed by atoms with van der Waals surface area (Å²) in [5, 5.41) is 16.4. The molecule has 0 saturated carbocycles. The van der Waals surface area contributed by atoms with Crippen molar-refractivity contribution in [3.05, 3.63) is 69.9 Å². The smallest absolute Gasteiger partial charge is 0.278 e. The second-order valence-corrected chi connectivity index (χ2v) is 7.78. The molecule has 0 bridgehead atoms. The number of hydrogen-bond acceptors (Lipinski definition) is 7. The van der Waals surface area contributed by atoms with E-state index in [0.717, 1.165) is 36.6 Å². The Morgan fingerprint density at radius 1 is 1.19 bits per heavy atom. The molecule has 0 spiro atoms. The summed E-state index contributed by atoms with van der Waals surface area (Å²) in [5.41, 5.74) is 5.42. The van der Waals surface area contributed by atoms with Gasteiger partial charge in [0.2, 0.25) is 5.95 Å². The van der Waals surface area contributed by atoms with E-state index in [1.807, 2.05) is 25.1 Å². The second kappa shape index (κ2) is 8.52. The summed E-state index contributed by atoms with van der Waals surface area (Å²) in [7, 11) is 0. The average Bonchev–Trinajstić information content (AvgIpc) is 3.10. The quantitative estimate of drug-likeness (QED) is 0.428. The minimum atomic E-state index is -0.144. The molecule has 0 amide bonds. The summed E-state index contributed by atoms with van der Waals surface area (Å²) in [6, 6.07) is 9.99. The lowest BCUT2D eigenvalue weighted by Gasteiger charge is -2.18. The SMILES string of the molecule is CCn1c(=O)c2cnc(Nc3ccc4c(c3)CNCC4)nc2n1-c1ccnc(CCO)c1. The highest BCUT2D eigenvalue weighted by atomic mass is 16.3. The first kappa shape index (κ1) is 20.3. The zero-order valence-corrected chi connectivity index (χ0v) is 17.9. The molecule has 1 aliphatic heterocycles. The van der Waals surface area contributed by atoms with Gasteiger partial charge < -0.3 is 15.7 Å². The van der Waals surface area contributed by atoms with Gasteiger partial charge in [-0.2, -0.15) is 4.98 Å².